The molecular weight excluding hydrogens is 1230 g/mol. The molecule has 0 radical (unpaired) electrons. The van der Waals surface area contributed by atoms with E-state index < -0.39 is 56.8 Å². The van der Waals surface area contributed by atoms with E-state index in [1.165, 1.54) is 0 Å². The van der Waals surface area contributed by atoms with Crippen molar-refractivity contribution in [3.05, 3.63) is 257 Å². The van der Waals surface area contributed by atoms with Gasteiger partial charge in [0.15, 0.2) is 5.71 Å². The van der Waals surface area contributed by atoms with Crippen LogP contribution in [0.15, 0.2) is 212 Å². The molecule has 2 aliphatic rings. The van der Waals surface area contributed by atoms with E-state index >= 15 is 0 Å². The maximum Gasteiger partial charge on any atom is 0.488 e. The minimum absolute atomic E-state index is 0.128. The number of fused-ring (bicyclic) bond motifs is 4. The lowest BCUT2D eigenvalue weighted by atomic mass is 9.77. The van der Waals surface area contributed by atoms with Crippen LogP contribution >= 0.6 is 0 Å². The largest absolute Gasteiger partial charge is 0.748 e. The molecule has 10 rings (SSSR count). The molecule has 492 valence electrons. The molecule has 0 spiro atoms. The summed E-state index contributed by atoms with van der Waals surface area (Å²) < 4.78 is 71.6. The van der Waals surface area contributed by atoms with Gasteiger partial charge in [-0.3, -0.25) is 19.1 Å². The third-order valence-corrected chi connectivity index (χ3v) is 20.0. The Labute approximate surface area is 559 Å². The number of benzene rings is 8. The number of amides is 1. The normalized spacial score (nSPS) is 15.0. The van der Waals surface area contributed by atoms with Gasteiger partial charge in [-0.05, 0) is 129 Å². The number of carbonyl (C=O) groups excluding carboxylic acids is 1. The first-order valence-corrected chi connectivity index (χ1v) is 35.4. The van der Waals surface area contributed by atoms with Gasteiger partial charge in [0.05, 0.1) is 21.3 Å². The molecule has 2 heterocycles. The number of nitrogens with zero attached hydrogens (tertiary/aromatic N) is 4. The third kappa shape index (κ3) is 16.6. The van der Waals surface area contributed by atoms with Crippen LogP contribution in [0.1, 0.15) is 98.4 Å². The molecule has 0 saturated carbocycles. The van der Waals surface area contributed by atoms with Crippen molar-refractivity contribution >= 4 is 95.5 Å². The Morgan fingerprint density at radius 3 is 1.73 bits per heavy atom. The highest BCUT2D eigenvalue weighted by atomic mass is 32.2. The summed E-state index contributed by atoms with van der Waals surface area (Å²) in [6, 6.07) is 55.8. The van der Waals surface area contributed by atoms with Crippen molar-refractivity contribution < 1.29 is 55.4 Å². The molecule has 20 heteroatoms. The highest BCUT2D eigenvalue weighted by molar-refractivity contribution is 7.85. The molecule has 1 amide bonds. The minimum atomic E-state index is -4.47. The SMILES string of the molecule is C=C(C)C(=O)NCCCN(Cc1ccccc1B(O)O)Cc1c2ccccc2c(CN(Cc2ccc(C(=C\C=C3/N(CCCS(=O)(=O)O)c4ccccc4C3(C)C)/C=C/C3=[N+](CCCS(=O)(=O)[O-])c4ccccc4C3(C)C)cc2)Cc2ccccc2B(O)O)c2ccccc12. The summed E-state index contributed by atoms with van der Waals surface area (Å²) in [7, 11) is -12.1. The van der Waals surface area contributed by atoms with Crippen molar-refractivity contribution in [1.29, 1.82) is 0 Å². The van der Waals surface area contributed by atoms with E-state index in [1.807, 2.05) is 84.9 Å². The number of hydrogen-bond acceptors (Lipinski definition) is 13. The van der Waals surface area contributed by atoms with Crippen molar-refractivity contribution in [2.45, 2.75) is 97.4 Å². The summed E-state index contributed by atoms with van der Waals surface area (Å²) in [5, 5.41) is 49.6. The number of allylic oxidation sites excluding steroid dienone is 6. The predicted octanol–water partition coefficient (Wildman–Crippen LogP) is 9.55. The van der Waals surface area contributed by atoms with E-state index in [0.29, 0.717) is 81.8 Å². The molecule has 8 aromatic carbocycles. The molecule has 0 bridgehead atoms. The van der Waals surface area contributed by atoms with E-state index in [0.717, 1.165) is 94.4 Å². The number of rotatable bonds is 29. The number of para-hydroxylation sites is 2. The van der Waals surface area contributed by atoms with E-state index in [1.54, 1.807) is 31.2 Å². The molecule has 0 saturated heterocycles. The molecule has 8 aromatic rings. The van der Waals surface area contributed by atoms with Gasteiger partial charge in [-0.25, -0.2) is 8.42 Å². The quantitative estimate of drug-likeness (QED) is 0.00488. The van der Waals surface area contributed by atoms with Gasteiger partial charge >= 0.3 is 14.2 Å². The average molecular weight is 1320 g/mol. The Morgan fingerprint density at radius 2 is 1.16 bits per heavy atom. The van der Waals surface area contributed by atoms with Crippen LogP contribution in [-0.2, 0) is 68.6 Å². The zero-order chi connectivity index (χ0) is 67.8. The topological polar surface area (TPSA) is 234 Å². The van der Waals surface area contributed by atoms with Gasteiger partial charge in [0.25, 0.3) is 10.1 Å². The summed E-state index contributed by atoms with van der Waals surface area (Å²) in [5.74, 6) is -1.11. The lowest BCUT2D eigenvalue weighted by molar-refractivity contribution is -0.437. The molecule has 0 unspecified atom stereocenters. The Hall–Kier alpha value is -8.11. The number of nitrogens with one attached hydrogen (secondary N) is 1. The fourth-order valence-electron chi connectivity index (χ4n) is 13.7. The molecular formula is C75H83B2N5O11S2. The van der Waals surface area contributed by atoms with Crippen molar-refractivity contribution in [2.75, 3.05) is 42.6 Å². The van der Waals surface area contributed by atoms with Gasteiger partial charge < -0.3 is 34.9 Å². The molecule has 2 aliphatic heterocycles. The summed E-state index contributed by atoms with van der Waals surface area (Å²) in [6.07, 6.45) is 9.22. The molecule has 6 N–H and O–H groups in total. The van der Waals surface area contributed by atoms with E-state index in [9.17, 15) is 50.8 Å². The predicted molar refractivity (Wildman–Crippen MR) is 381 cm³/mol. The Bertz CT molecular complexity index is 4470. The minimum Gasteiger partial charge on any atom is -0.748 e. The molecule has 0 aliphatic carbocycles. The van der Waals surface area contributed by atoms with Crippen LogP contribution < -0.4 is 21.1 Å². The second-order valence-corrected chi connectivity index (χ2v) is 29.0. The maximum absolute atomic E-state index is 12.5. The highest BCUT2D eigenvalue weighted by Crippen LogP contribution is 2.48. The lowest BCUT2D eigenvalue weighted by Gasteiger charge is -2.28. The highest BCUT2D eigenvalue weighted by Gasteiger charge is 2.44. The second-order valence-electron chi connectivity index (χ2n) is 25.9. The monoisotopic (exact) mass is 1320 g/mol. The smallest absolute Gasteiger partial charge is 0.488 e. The number of anilines is 1. The summed E-state index contributed by atoms with van der Waals surface area (Å²) in [6.45, 7) is 17.8. The Balaban J connectivity index is 1.05. The third-order valence-electron chi connectivity index (χ3n) is 18.4. The van der Waals surface area contributed by atoms with Crippen molar-refractivity contribution in [3.63, 3.8) is 0 Å². The van der Waals surface area contributed by atoms with Crippen LogP contribution in [0.25, 0.3) is 27.1 Å². The van der Waals surface area contributed by atoms with Gasteiger partial charge in [0.1, 0.15) is 6.54 Å². The molecule has 0 atom stereocenters. The fourth-order valence-corrected chi connectivity index (χ4v) is 14.7. The van der Waals surface area contributed by atoms with Crippen LogP contribution in [0.4, 0.5) is 11.4 Å². The molecule has 0 fully saturated rings. The fraction of sp³-hybridized carbons (Fsp3) is 0.280. The van der Waals surface area contributed by atoms with Crippen LogP contribution in [0.2, 0.25) is 0 Å². The van der Waals surface area contributed by atoms with Gasteiger partial charge in [0, 0.05) is 105 Å². The lowest BCUT2D eigenvalue weighted by Crippen LogP contribution is -2.36. The van der Waals surface area contributed by atoms with Crippen LogP contribution in [0.5, 0.6) is 0 Å². The van der Waals surface area contributed by atoms with E-state index in [4.69, 9.17) is 0 Å². The zero-order valence-corrected chi connectivity index (χ0v) is 56.2. The van der Waals surface area contributed by atoms with Crippen molar-refractivity contribution in [2.24, 2.45) is 0 Å². The van der Waals surface area contributed by atoms with Gasteiger partial charge in [-0.15, -0.1) is 0 Å². The first-order chi connectivity index (χ1) is 45.3. The first-order valence-electron chi connectivity index (χ1n) is 32.2. The summed E-state index contributed by atoms with van der Waals surface area (Å²) >= 11 is 0. The molecule has 16 nitrogen and oxygen atoms in total. The zero-order valence-electron chi connectivity index (χ0n) is 54.5. The van der Waals surface area contributed by atoms with Gasteiger partial charge in [-0.1, -0.05) is 184 Å². The molecule has 95 heavy (non-hydrogen) atoms. The van der Waals surface area contributed by atoms with Crippen molar-refractivity contribution in [1.82, 2.24) is 15.1 Å². The second kappa shape index (κ2) is 29.9. The van der Waals surface area contributed by atoms with Gasteiger partial charge in [-0.2, -0.15) is 13.0 Å². The maximum atomic E-state index is 12.5. The summed E-state index contributed by atoms with van der Waals surface area (Å²) in [4.78, 5) is 19.3. The Morgan fingerprint density at radius 1 is 0.632 bits per heavy atom. The van der Waals surface area contributed by atoms with Crippen molar-refractivity contribution in [3.8, 4) is 0 Å². The first kappa shape index (κ1) is 69.7. The van der Waals surface area contributed by atoms with Crippen LogP contribution in [-0.4, -0.2) is 124 Å². The average Bonchev–Trinajstić information content (AvgIpc) is 1.75. The number of carbonyl (C=O) groups is 1. The van der Waals surface area contributed by atoms with Crippen LogP contribution in [0, 0.1) is 0 Å². The van der Waals surface area contributed by atoms with Crippen LogP contribution in [0.3, 0.4) is 0 Å². The molecule has 0 aromatic heterocycles. The van der Waals surface area contributed by atoms with E-state index in [2.05, 4.69) is 144 Å². The Kier molecular flexibility index (Phi) is 21.9. The van der Waals surface area contributed by atoms with E-state index in [-0.39, 0.29) is 18.7 Å². The van der Waals surface area contributed by atoms with Gasteiger partial charge in [0.2, 0.25) is 11.6 Å². The number of hydrogen-bond donors (Lipinski definition) is 6. The summed E-state index contributed by atoms with van der Waals surface area (Å²) in [5.41, 5.74) is 12.4. The standard InChI is InChI=1S/C75H83B2N5O11S2/c1-53(2)73(83)78-42-19-43-79(49-57-22-7-15-30-67(57)76(84)85)51-63-59-24-9-11-26-61(59)64(62-27-12-10-25-60(62)63)52-80(50-58-23-8-16-31-68(58)77(86)87)48-54-34-36-55(37-35-54)56(38-40-71-74(3,4)65-28-13-17-32-69(65)81(71)44-20-46-94(88,89)90)39-41-72-75(5,6)66-29-14-18-33-70(66)82(72)45-21-47-95(91,92)93/h7-18,22-41,84-87H,1,19-21,42-52H2,2-6H3,(H2-,78,83,88,89,90,91,92,93).